The van der Waals surface area contributed by atoms with E-state index in [-0.39, 0.29) is 12.4 Å². The first-order valence-electron chi connectivity index (χ1n) is 5.55. The van der Waals surface area contributed by atoms with Crippen LogP contribution in [0.2, 0.25) is 0 Å². The lowest BCUT2D eigenvalue weighted by Gasteiger charge is -2.10. The molecule has 1 unspecified atom stereocenters. The quantitative estimate of drug-likeness (QED) is 0.757. The summed E-state index contributed by atoms with van der Waals surface area (Å²) in [6.45, 7) is 1.69. The maximum absolute atomic E-state index is 11.5. The molecule has 4 nitrogen and oxygen atoms in total. The van der Waals surface area contributed by atoms with Crippen LogP contribution in [0, 0.1) is 0 Å². The number of Topliss-reactive ketones (excluding diaryl/α,β-unsaturated/α-hetero) is 1. The average molecular weight is 235 g/mol. The number of carbonyl (C=O) groups excluding carboxylic acids is 2. The summed E-state index contributed by atoms with van der Waals surface area (Å²) in [6, 6.07) is 8.66. The molecular weight excluding hydrogens is 218 g/mol. The highest BCUT2D eigenvalue weighted by Crippen LogP contribution is 2.03. The van der Waals surface area contributed by atoms with Crippen LogP contribution in [-0.4, -0.2) is 17.8 Å². The van der Waals surface area contributed by atoms with Gasteiger partial charge in [0, 0.05) is 6.42 Å². The van der Waals surface area contributed by atoms with Crippen molar-refractivity contribution in [3.8, 4) is 0 Å². The number of ether oxygens (including phenoxy) is 1. The lowest BCUT2D eigenvalue weighted by Crippen LogP contribution is -2.32. The van der Waals surface area contributed by atoms with Gasteiger partial charge in [-0.1, -0.05) is 30.3 Å². The van der Waals surface area contributed by atoms with Gasteiger partial charge in [-0.2, -0.15) is 0 Å². The van der Waals surface area contributed by atoms with Crippen molar-refractivity contribution < 1.29 is 14.3 Å². The molecule has 0 heterocycles. The third-order valence-corrected chi connectivity index (χ3v) is 2.33. The molecule has 92 valence electrons. The minimum absolute atomic E-state index is 0.0244. The standard InChI is InChI=1S/C13H17NO3/c1-10(15)7-8-12(14)13(16)17-9-11-5-3-2-4-6-11/h2-6,12H,7-9,14H2,1H3. The fraction of sp³-hybridized carbons (Fsp3) is 0.385. The van der Waals surface area contributed by atoms with Gasteiger partial charge in [0.15, 0.2) is 0 Å². The molecule has 0 aromatic heterocycles. The van der Waals surface area contributed by atoms with Gasteiger partial charge in [-0.3, -0.25) is 4.79 Å². The number of esters is 1. The molecule has 1 aromatic rings. The van der Waals surface area contributed by atoms with Crippen LogP contribution >= 0.6 is 0 Å². The van der Waals surface area contributed by atoms with E-state index in [1.807, 2.05) is 30.3 Å². The average Bonchev–Trinajstić information content (AvgIpc) is 2.34. The molecule has 0 radical (unpaired) electrons. The van der Waals surface area contributed by atoms with E-state index in [9.17, 15) is 9.59 Å². The molecule has 0 aliphatic carbocycles. The fourth-order valence-corrected chi connectivity index (χ4v) is 1.31. The molecule has 4 heteroatoms. The van der Waals surface area contributed by atoms with E-state index >= 15 is 0 Å². The Kier molecular flexibility index (Phi) is 5.36. The zero-order valence-electron chi connectivity index (χ0n) is 9.89. The van der Waals surface area contributed by atoms with Gasteiger partial charge in [0.1, 0.15) is 18.4 Å². The minimum Gasteiger partial charge on any atom is -0.460 e. The van der Waals surface area contributed by atoms with Crippen molar-refractivity contribution in [2.45, 2.75) is 32.4 Å². The molecule has 0 amide bonds. The smallest absolute Gasteiger partial charge is 0.323 e. The molecule has 0 aliphatic heterocycles. The molecule has 1 aromatic carbocycles. The highest BCUT2D eigenvalue weighted by Gasteiger charge is 2.15. The second-order valence-electron chi connectivity index (χ2n) is 3.94. The predicted octanol–water partition coefficient (Wildman–Crippen LogP) is 1.43. The van der Waals surface area contributed by atoms with Crippen molar-refractivity contribution in [3.05, 3.63) is 35.9 Å². The van der Waals surface area contributed by atoms with E-state index in [0.717, 1.165) is 5.56 Å². The molecule has 0 saturated heterocycles. The predicted molar refractivity (Wildman–Crippen MR) is 64.1 cm³/mol. The molecule has 0 fully saturated rings. The summed E-state index contributed by atoms with van der Waals surface area (Å²) in [6.07, 6.45) is 0.643. The SMILES string of the molecule is CC(=O)CCC(N)C(=O)OCc1ccccc1. The number of rotatable bonds is 6. The van der Waals surface area contributed by atoms with Gasteiger partial charge >= 0.3 is 5.97 Å². The molecule has 0 bridgehead atoms. The number of nitrogens with two attached hydrogens (primary N) is 1. The van der Waals surface area contributed by atoms with Crippen LogP contribution < -0.4 is 5.73 Å². The third-order valence-electron chi connectivity index (χ3n) is 2.33. The van der Waals surface area contributed by atoms with Crippen LogP contribution in [0.1, 0.15) is 25.3 Å². The largest absolute Gasteiger partial charge is 0.460 e. The fourth-order valence-electron chi connectivity index (χ4n) is 1.31. The zero-order chi connectivity index (χ0) is 12.7. The Morgan fingerprint density at radius 2 is 1.94 bits per heavy atom. The van der Waals surface area contributed by atoms with Gasteiger partial charge in [0.2, 0.25) is 0 Å². The summed E-state index contributed by atoms with van der Waals surface area (Å²) in [4.78, 5) is 22.2. The maximum atomic E-state index is 11.5. The van der Waals surface area contributed by atoms with Crippen molar-refractivity contribution in [1.29, 1.82) is 0 Å². The highest BCUT2D eigenvalue weighted by atomic mass is 16.5. The number of hydrogen-bond acceptors (Lipinski definition) is 4. The van der Waals surface area contributed by atoms with E-state index in [0.29, 0.717) is 12.8 Å². The first kappa shape index (κ1) is 13.4. The van der Waals surface area contributed by atoms with E-state index in [4.69, 9.17) is 10.5 Å². The molecule has 0 aliphatic rings. The monoisotopic (exact) mass is 235 g/mol. The van der Waals surface area contributed by atoms with Gasteiger partial charge in [0.05, 0.1) is 0 Å². The number of benzene rings is 1. The van der Waals surface area contributed by atoms with Crippen molar-refractivity contribution in [2.24, 2.45) is 5.73 Å². The van der Waals surface area contributed by atoms with Crippen molar-refractivity contribution >= 4 is 11.8 Å². The third kappa shape index (κ3) is 5.26. The van der Waals surface area contributed by atoms with Gasteiger partial charge < -0.3 is 15.3 Å². The first-order chi connectivity index (χ1) is 8.09. The van der Waals surface area contributed by atoms with Crippen LogP contribution in [0.3, 0.4) is 0 Å². The minimum atomic E-state index is -0.720. The van der Waals surface area contributed by atoms with Crippen LogP contribution in [0.4, 0.5) is 0 Å². The van der Waals surface area contributed by atoms with Gasteiger partial charge in [-0.05, 0) is 18.9 Å². The molecule has 1 rings (SSSR count). The molecule has 0 spiro atoms. The number of ketones is 1. The molecule has 2 N–H and O–H groups in total. The molecule has 1 atom stereocenters. The zero-order valence-corrected chi connectivity index (χ0v) is 9.89. The normalized spacial score (nSPS) is 11.9. The number of hydrogen-bond donors (Lipinski definition) is 1. The molecular formula is C13H17NO3. The Labute approximate surface area is 101 Å². The van der Waals surface area contributed by atoms with E-state index in [2.05, 4.69) is 0 Å². The van der Waals surface area contributed by atoms with E-state index in [1.165, 1.54) is 6.92 Å². The van der Waals surface area contributed by atoms with Crippen LogP contribution in [-0.2, 0) is 20.9 Å². The summed E-state index contributed by atoms with van der Waals surface area (Å²) < 4.78 is 5.05. The van der Waals surface area contributed by atoms with Crippen molar-refractivity contribution in [2.75, 3.05) is 0 Å². The molecule has 17 heavy (non-hydrogen) atoms. The Bertz CT molecular complexity index is 376. The Hall–Kier alpha value is -1.68. The maximum Gasteiger partial charge on any atom is 0.323 e. The lowest BCUT2D eigenvalue weighted by molar-refractivity contribution is -0.146. The lowest BCUT2D eigenvalue weighted by atomic mass is 10.1. The van der Waals surface area contributed by atoms with Crippen molar-refractivity contribution in [1.82, 2.24) is 0 Å². The summed E-state index contributed by atoms with van der Waals surface area (Å²) in [5.41, 5.74) is 6.52. The summed E-state index contributed by atoms with van der Waals surface area (Å²) >= 11 is 0. The van der Waals surface area contributed by atoms with Crippen LogP contribution in [0.15, 0.2) is 30.3 Å². The Morgan fingerprint density at radius 1 is 1.29 bits per heavy atom. The topological polar surface area (TPSA) is 69.4 Å². The Morgan fingerprint density at radius 3 is 2.53 bits per heavy atom. The van der Waals surface area contributed by atoms with E-state index < -0.39 is 12.0 Å². The van der Waals surface area contributed by atoms with Crippen molar-refractivity contribution in [3.63, 3.8) is 0 Å². The van der Waals surface area contributed by atoms with Crippen LogP contribution in [0.25, 0.3) is 0 Å². The van der Waals surface area contributed by atoms with Gasteiger partial charge in [0.25, 0.3) is 0 Å². The van der Waals surface area contributed by atoms with Gasteiger partial charge in [-0.25, -0.2) is 0 Å². The summed E-state index contributed by atoms with van der Waals surface area (Å²) in [7, 11) is 0. The van der Waals surface area contributed by atoms with E-state index in [1.54, 1.807) is 0 Å². The molecule has 0 saturated carbocycles. The summed E-state index contributed by atoms with van der Waals surface area (Å²) in [5, 5.41) is 0. The second-order valence-corrected chi connectivity index (χ2v) is 3.94. The second kappa shape index (κ2) is 6.81. The Balaban J connectivity index is 2.32. The summed E-state index contributed by atoms with van der Waals surface area (Å²) in [5.74, 6) is -0.439. The highest BCUT2D eigenvalue weighted by molar-refractivity contribution is 5.78. The number of carbonyl (C=O) groups is 2. The first-order valence-corrected chi connectivity index (χ1v) is 5.55. The van der Waals surface area contributed by atoms with Crippen LogP contribution in [0.5, 0.6) is 0 Å². The van der Waals surface area contributed by atoms with Gasteiger partial charge in [-0.15, -0.1) is 0 Å².